The van der Waals surface area contributed by atoms with E-state index in [1.54, 1.807) is 29.8 Å². The molecule has 202 valence electrons. The molecule has 2 aromatic carbocycles. The molecule has 1 aliphatic rings. The lowest BCUT2D eigenvalue weighted by Gasteiger charge is -2.26. The minimum absolute atomic E-state index is 0.0315. The fourth-order valence-electron chi connectivity index (χ4n) is 4.69. The van der Waals surface area contributed by atoms with Gasteiger partial charge in [-0.25, -0.2) is 14.4 Å². The van der Waals surface area contributed by atoms with Crippen molar-refractivity contribution >= 4 is 33.3 Å². The van der Waals surface area contributed by atoms with E-state index >= 15 is 0 Å². The number of ether oxygens (including phenoxy) is 1. The Morgan fingerprint density at radius 1 is 1.21 bits per heavy atom. The van der Waals surface area contributed by atoms with Crippen LogP contribution in [0.25, 0.3) is 10.2 Å². The summed E-state index contributed by atoms with van der Waals surface area (Å²) in [6, 6.07) is 16.4. The Morgan fingerprint density at radius 3 is 2.85 bits per heavy atom. The first kappa shape index (κ1) is 26.9. The van der Waals surface area contributed by atoms with Gasteiger partial charge in [-0.05, 0) is 49.3 Å². The molecule has 0 saturated heterocycles. The predicted octanol–water partition coefficient (Wildman–Crippen LogP) is 5.20. The number of nitrogens with zero attached hydrogens (tertiary/aromatic N) is 4. The second-order valence-corrected chi connectivity index (χ2v) is 10.9. The van der Waals surface area contributed by atoms with Gasteiger partial charge in [0, 0.05) is 24.0 Å². The van der Waals surface area contributed by atoms with Crippen LogP contribution in [0.5, 0.6) is 0 Å². The number of aromatic nitrogens is 2. The molecule has 1 atom stereocenters. The summed E-state index contributed by atoms with van der Waals surface area (Å²) < 4.78 is 19.6. The Kier molecular flexibility index (Phi) is 8.61. The summed E-state index contributed by atoms with van der Waals surface area (Å²) in [5.41, 5.74) is 3.05. The molecule has 3 heterocycles. The summed E-state index contributed by atoms with van der Waals surface area (Å²) in [5, 5.41) is 4.62. The van der Waals surface area contributed by atoms with Gasteiger partial charge in [-0.3, -0.25) is 4.79 Å². The lowest BCUT2D eigenvalue weighted by molar-refractivity contribution is -0.126. The van der Waals surface area contributed by atoms with Crippen LogP contribution >= 0.6 is 11.3 Å². The molecule has 4 aromatic rings. The third-order valence-electron chi connectivity index (χ3n) is 6.63. The summed E-state index contributed by atoms with van der Waals surface area (Å²) in [5.74, 6) is 0.514. The summed E-state index contributed by atoms with van der Waals surface area (Å²) in [6.07, 6.45) is 5.89. The zero-order chi connectivity index (χ0) is 27.2. The SMILES string of the molecule is CN(C)CC=CC(=O)N1CCc2c(sc3ncnc(NC(COCc4cccc(F)c4)c4ccccc4)c23)C1. The highest BCUT2D eigenvalue weighted by Crippen LogP contribution is 2.38. The van der Waals surface area contributed by atoms with Crippen molar-refractivity contribution in [1.82, 2.24) is 19.8 Å². The first-order chi connectivity index (χ1) is 19.0. The van der Waals surface area contributed by atoms with Crippen LogP contribution in [0.4, 0.5) is 10.2 Å². The second kappa shape index (κ2) is 12.5. The van der Waals surface area contributed by atoms with E-state index in [-0.39, 0.29) is 17.8 Å². The first-order valence-electron chi connectivity index (χ1n) is 13.0. The number of hydrogen-bond acceptors (Lipinski definition) is 7. The number of rotatable bonds is 10. The van der Waals surface area contributed by atoms with Gasteiger partial charge in [0.1, 0.15) is 22.8 Å². The molecule has 5 rings (SSSR count). The van der Waals surface area contributed by atoms with Gasteiger partial charge < -0.3 is 19.9 Å². The van der Waals surface area contributed by atoms with Gasteiger partial charge in [0.05, 0.1) is 31.2 Å². The number of benzene rings is 2. The van der Waals surface area contributed by atoms with Crippen LogP contribution in [0.3, 0.4) is 0 Å². The van der Waals surface area contributed by atoms with Crippen molar-refractivity contribution in [3.05, 3.63) is 100 Å². The molecular weight excluding hydrogens is 513 g/mol. The highest BCUT2D eigenvalue weighted by molar-refractivity contribution is 7.19. The Hall–Kier alpha value is -3.66. The lowest BCUT2D eigenvalue weighted by atomic mass is 10.0. The Balaban J connectivity index is 1.35. The Morgan fingerprint density at radius 2 is 2.05 bits per heavy atom. The quantitative estimate of drug-likeness (QED) is 0.276. The number of thiophene rings is 1. The number of fused-ring (bicyclic) bond motifs is 3. The minimum Gasteiger partial charge on any atom is -0.374 e. The molecule has 0 saturated carbocycles. The van der Waals surface area contributed by atoms with Crippen molar-refractivity contribution in [3.8, 4) is 0 Å². The van der Waals surface area contributed by atoms with Crippen LogP contribution in [0.1, 0.15) is 27.6 Å². The van der Waals surface area contributed by atoms with Gasteiger partial charge >= 0.3 is 0 Å². The van der Waals surface area contributed by atoms with Crippen molar-refractivity contribution < 1.29 is 13.9 Å². The highest BCUT2D eigenvalue weighted by Gasteiger charge is 2.26. The van der Waals surface area contributed by atoms with E-state index in [1.165, 1.54) is 17.7 Å². The predicted molar refractivity (Wildman–Crippen MR) is 153 cm³/mol. The molecule has 0 aliphatic carbocycles. The number of carbonyl (C=O) groups excluding carboxylic acids is 1. The van der Waals surface area contributed by atoms with E-state index in [9.17, 15) is 9.18 Å². The molecule has 39 heavy (non-hydrogen) atoms. The summed E-state index contributed by atoms with van der Waals surface area (Å²) >= 11 is 1.62. The number of amides is 1. The van der Waals surface area contributed by atoms with Crippen LogP contribution in [-0.4, -0.2) is 59.5 Å². The number of carbonyl (C=O) groups is 1. The van der Waals surface area contributed by atoms with Crippen LogP contribution in [0, 0.1) is 5.82 Å². The van der Waals surface area contributed by atoms with Crippen molar-refractivity contribution in [2.75, 3.05) is 39.1 Å². The lowest BCUT2D eigenvalue weighted by Crippen LogP contribution is -2.34. The van der Waals surface area contributed by atoms with Gasteiger partial charge in [0.2, 0.25) is 5.91 Å². The first-order valence-corrected chi connectivity index (χ1v) is 13.8. The molecule has 0 fully saturated rings. The van der Waals surface area contributed by atoms with Crippen LogP contribution in [0.15, 0.2) is 73.1 Å². The van der Waals surface area contributed by atoms with Crippen LogP contribution in [0.2, 0.25) is 0 Å². The average Bonchev–Trinajstić information content (AvgIpc) is 3.31. The zero-order valence-electron chi connectivity index (χ0n) is 22.1. The topological polar surface area (TPSA) is 70.6 Å². The molecule has 7 nitrogen and oxygen atoms in total. The van der Waals surface area contributed by atoms with Gasteiger partial charge in [0.15, 0.2) is 0 Å². The van der Waals surface area contributed by atoms with E-state index in [0.29, 0.717) is 26.3 Å². The Labute approximate surface area is 232 Å². The van der Waals surface area contributed by atoms with Crippen molar-refractivity contribution in [3.63, 3.8) is 0 Å². The maximum Gasteiger partial charge on any atom is 0.246 e. The molecule has 2 aromatic heterocycles. The Bertz CT molecular complexity index is 1460. The standard InChI is InChI=1S/C30H32FN5O2S/c1-35(2)14-7-12-27(37)36-15-13-24-26(17-36)39-30-28(24)29(32-20-33-30)34-25(22-9-4-3-5-10-22)19-38-18-21-8-6-11-23(31)16-21/h3-12,16,20,25H,13-15,17-19H2,1-2H3,(H,32,33,34). The van der Waals surface area contributed by atoms with Gasteiger partial charge in [-0.1, -0.05) is 48.5 Å². The number of likely N-dealkylation sites (N-methyl/N-ethyl adjacent to an activating group) is 1. The van der Waals surface area contributed by atoms with E-state index in [2.05, 4.69) is 27.4 Å². The van der Waals surface area contributed by atoms with Crippen LogP contribution in [-0.2, 0) is 29.1 Å². The molecule has 0 radical (unpaired) electrons. The van der Waals surface area contributed by atoms with E-state index < -0.39 is 0 Å². The average molecular weight is 546 g/mol. The number of halogens is 1. The second-order valence-electron chi connectivity index (χ2n) is 9.83. The molecular formula is C30H32FN5O2S. The van der Waals surface area contributed by atoms with Crippen LogP contribution < -0.4 is 5.32 Å². The normalized spacial score (nSPS) is 14.2. The van der Waals surface area contributed by atoms with Crippen molar-refractivity contribution in [2.45, 2.75) is 25.6 Å². The highest BCUT2D eigenvalue weighted by atomic mass is 32.1. The molecule has 0 bridgehead atoms. The van der Waals surface area contributed by atoms with E-state index in [4.69, 9.17) is 4.74 Å². The fraction of sp³-hybridized carbons (Fsp3) is 0.300. The summed E-state index contributed by atoms with van der Waals surface area (Å²) in [4.78, 5) is 27.9. The monoisotopic (exact) mass is 545 g/mol. The van der Waals surface area contributed by atoms with Gasteiger partial charge in [0.25, 0.3) is 0 Å². The smallest absolute Gasteiger partial charge is 0.246 e. The third-order valence-corrected chi connectivity index (χ3v) is 7.76. The van der Waals surface area contributed by atoms with Gasteiger partial charge in [-0.2, -0.15) is 0 Å². The maximum atomic E-state index is 13.6. The molecule has 1 aliphatic heterocycles. The molecule has 9 heteroatoms. The molecule has 1 unspecified atom stereocenters. The summed E-state index contributed by atoms with van der Waals surface area (Å²) in [7, 11) is 3.95. The number of nitrogens with one attached hydrogen (secondary N) is 1. The van der Waals surface area contributed by atoms with E-state index in [0.717, 1.165) is 45.0 Å². The zero-order valence-corrected chi connectivity index (χ0v) is 23.0. The summed E-state index contributed by atoms with van der Waals surface area (Å²) in [6.45, 7) is 2.63. The minimum atomic E-state index is -0.274. The fourth-order valence-corrected chi connectivity index (χ4v) is 5.89. The third kappa shape index (κ3) is 6.68. The molecule has 0 spiro atoms. The van der Waals surface area contributed by atoms with E-state index in [1.807, 2.05) is 54.2 Å². The molecule has 1 amide bonds. The maximum absolute atomic E-state index is 13.6. The number of anilines is 1. The largest absolute Gasteiger partial charge is 0.374 e. The van der Waals surface area contributed by atoms with Crippen molar-refractivity contribution in [2.24, 2.45) is 0 Å². The number of hydrogen-bond donors (Lipinski definition) is 1. The van der Waals surface area contributed by atoms with Crippen molar-refractivity contribution in [1.29, 1.82) is 0 Å². The molecule has 1 N–H and O–H groups in total. The van der Waals surface area contributed by atoms with Gasteiger partial charge in [-0.15, -0.1) is 11.3 Å².